The van der Waals surface area contributed by atoms with Crippen LogP contribution in [-0.2, 0) is 19.1 Å². The summed E-state index contributed by atoms with van der Waals surface area (Å²) >= 11 is 6.01. The second-order valence-electron chi connectivity index (χ2n) is 10.8. The molecular weight excluding hydrogens is 404 g/mol. The van der Waals surface area contributed by atoms with Gasteiger partial charge in [0.05, 0.1) is 12.0 Å². The molecule has 0 aromatic heterocycles. The Balaban J connectivity index is 1.72. The Hall–Kier alpha value is -0.940. The van der Waals surface area contributed by atoms with Crippen LogP contribution in [0.2, 0.25) is 0 Å². The number of Topliss-reactive ketones (excluding diaryl/α,β-unsaturated/α-hetero) is 2. The average Bonchev–Trinajstić information content (AvgIpc) is 3.00. The molecule has 0 aliphatic heterocycles. The number of aliphatic hydroxyl groups is 1. The molecule has 30 heavy (non-hydrogen) atoms. The van der Waals surface area contributed by atoms with Crippen molar-refractivity contribution in [1.82, 2.24) is 0 Å². The predicted molar refractivity (Wildman–Crippen MR) is 113 cm³/mol. The van der Waals surface area contributed by atoms with Gasteiger partial charge in [-0.1, -0.05) is 20.8 Å². The first-order valence-corrected chi connectivity index (χ1v) is 12.2. The number of aliphatic hydroxyl groups excluding tert-OH is 1. The molecule has 0 heterocycles. The molecule has 1 N–H and O–H groups in total. The molecule has 0 amide bonds. The summed E-state index contributed by atoms with van der Waals surface area (Å²) in [6.45, 7) is 6.04. The zero-order chi connectivity index (χ0) is 21.9. The topological polar surface area (TPSA) is 80.7 Å². The summed E-state index contributed by atoms with van der Waals surface area (Å²) < 4.78 is 5.92. The second-order valence-corrected chi connectivity index (χ2v) is 11.0. The standard InChI is InChI=1S/C24H35ClO5/c1-4-20(29)30-24(19(28)13-25)10-8-17-16-6-5-14-11-15(26)7-9-22(14,2)21(16)18(27)12-23(17,24)3/h14,16-18,21,27H,4-13H2,1-3H3/t14-,16+,17+,18+,21-,22+,23+,24+/m1/s1. The highest BCUT2D eigenvalue weighted by molar-refractivity contribution is 6.29. The van der Waals surface area contributed by atoms with Crippen molar-refractivity contribution in [3.05, 3.63) is 0 Å². The van der Waals surface area contributed by atoms with Crippen LogP contribution >= 0.6 is 11.6 Å². The zero-order valence-electron chi connectivity index (χ0n) is 18.4. The normalized spacial score (nSPS) is 47.8. The molecule has 0 aromatic carbocycles. The van der Waals surface area contributed by atoms with Crippen LogP contribution in [0.3, 0.4) is 0 Å². The van der Waals surface area contributed by atoms with Gasteiger partial charge in [-0.15, -0.1) is 11.6 Å². The maximum absolute atomic E-state index is 13.1. The molecule has 4 aliphatic rings. The van der Waals surface area contributed by atoms with E-state index in [1.165, 1.54) is 0 Å². The summed E-state index contributed by atoms with van der Waals surface area (Å²) in [7, 11) is 0. The fourth-order valence-electron chi connectivity index (χ4n) is 8.22. The number of ether oxygens (including phenoxy) is 1. The Morgan fingerprint density at radius 3 is 2.60 bits per heavy atom. The van der Waals surface area contributed by atoms with Crippen LogP contribution in [0.25, 0.3) is 0 Å². The molecule has 0 unspecified atom stereocenters. The largest absolute Gasteiger partial charge is 0.450 e. The summed E-state index contributed by atoms with van der Waals surface area (Å²) in [4.78, 5) is 37.5. The molecule has 8 atom stereocenters. The molecule has 6 heteroatoms. The number of ketones is 2. The van der Waals surface area contributed by atoms with Crippen LogP contribution in [0.15, 0.2) is 0 Å². The summed E-state index contributed by atoms with van der Waals surface area (Å²) in [5.41, 5.74) is -1.89. The smallest absolute Gasteiger partial charge is 0.306 e. The van der Waals surface area contributed by atoms with Crippen LogP contribution in [-0.4, -0.2) is 40.2 Å². The van der Waals surface area contributed by atoms with Crippen molar-refractivity contribution in [2.75, 3.05) is 5.88 Å². The van der Waals surface area contributed by atoms with Gasteiger partial charge >= 0.3 is 5.97 Å². The molecule has 4 saturated carbocycles. The van der Waals surface area contributed by atoms with Gasteiger partial charge in [0, 0.05) is 24.7 Å². The lowest BCUT2D eigenvalue weighted by molar-refractivity contribution is -0.209. The molecule has 0 aromatic rings. The third-order valence-corrected chi connectivity index (χ3v) is 9.92. The van der Waals surface area contributed by atoms with Crippen LogP contribution in [0.4, 0.5) is 0 Å². The number of esters is 1. The number of hydrogen-bond acceptors (Lipinski definition) is 5. The first-order chi connectivity index (χ1) is 14.1. The van der Waals surface area contributed by atoms with Crippen LogP contribution in [0.1, 0.15) is 78.6 Å². The molecule has 0 spiro atoms. The summed E-state index contributed by atoms with van der Waals surface area (Å²) in [6.07, 6.45) is 5.41. The molecule has 0 saturated heterocycles. The van der Waals surface area contributed by atoms with Crippen molar-refractivity contribution in [3.63, 3.8) is 0 Å². The third-order valence-electron chi connectivity index (χ3n) is 9.68. The monoisotopic (exact) mass is 438 g/mol. The molecule has 5 nitrogen and oxygen atoms in total. The minimum Gasteiger partial charge on any atom is -0.450 e. The van der Waals surface area contributed by atoms with Crippen LogP contribution in [0, 0.1) is 34.5 Å². The highest BCUT2D eigenvalue weighted by Gasteiger charge is 2.70. The molecule has 4 aliphatic carbocycles. The first-order valence-electron chi connectivity index (χ1n) is 11.6. The highest BCUT2D eigenvalue weighted by atomic mass is 35.5. The molecule has 0 bridgehead atoms. The van der Waals surface area contributed by atoms with Gasteiger partial charge in [0.25, 0.3) is 0 Å². The van der Waals surface area contributed by atoms with E-state index in [-0.39, 0.29) is 47.2 Å². The number of halogens is 1. The molecule has 168 valence electrons. The summed E-state index contributed by atoms with van der Waals surface area (Å²) in [6, 6.07) is 0. The van der Waals surface area contributed by atoms with Crippen LogP contribution in [0.5, 0.6) is 0 Å². The van der Waals surface area contributed by atoms with E-state index in [9.17, 15) is 19.5 Å². The lowest BCUT2D eigenvalue weighted by Crippen LogP contribution is -2.64. The maximum Gasteiger partial charge on any atom is 0.306 e. The Bertz CT molecular complexity index is 752. The van der Waals surface area contributed by atoms with Gasteiger partial charge in [0.2, 0.25) is 0 Å². The predicted octanol–water partition coefficient (Wildman–Crippen LogP) is 4.07. The first kappa shape index (κ1) is 22.3. The van der Waals surface area contributed by atoms with Gasteiger partial charge in [-0.25, -0.2) is 0 Å². The van der Waals surface area contributed by atoms with Crippen molar-refractivity contribution in [2.45, 2.75) is 90.3 Å². The fourth-order valence-corrected chi connectivity index (χ4v) is 8.43. The second kappa shape index (κ2) is 7.58. The summed E-state index contributed by atoms with van der Waals surface area (Å²) in [5.74, 6) is 0.504. The lowest BCUT2D eigenvalue weighted by atomic mass is 9.43. The number of rotatable bonds is 4. The van der Waals surface area contributed by atoms with Crippen molar-refractivity contribution < 1.29 is 24.2 Å². The van der Waals surface area contributed by atoms with Crippen molar-refractivity contribution in [3.8, 4) is 0 Å². The van der Waals surface area contributed by atoms with Crippen LogP contribution < -0.4 is 0 Å². The minimum absolute atomic E-state index is 0.0422. The highest BCUT2D eigenvalue weighted by Crippen LogP contribution is 2.68. The molecule has 4 fully saturated rings. The van der Waals surface area contributed by atoms with Gasteiger partial charge in [0.15, 0.2) is 11.4 Å². The number of carbonyl (C=O) groups excluding carboxylic acids is 3. The van der Waals surface area contributed by atoms with E-state index in [1.54, 1.807) is 6.92 Å². The lowest BCUT2D eigenvalue weighted by Gasteiger charge is -2.62. The van der Waals surface area contributed by atoms with Gasteiger partial charge in [-0.2, -0.15) is 0 Å². The van der Waals surface area contributed by atoms with E-state index in [0.29, 0.717) is 37.4 Å². The van der Waals surface area contributed by atoms with Gasteiger partial charge < -0.3 is 9.84 Å². The fraction of sp³-hybridized carbons (Fsp3) is 0.875. The maximum atomic E-state index is 13.1. The summed E-state index contributed by atoms with van der Waals surface area (Å²) in [5, 5.41) is 11.5. The average molecular weight is 439 g/mol. The number of alkyl halides is 1. The van der Waals surface area contributed by atoms with Gasteiger partial charge in [0.1, 0.15) is 5.78 Å². The van der Waals surface area contributed by atoms with E-state index in [0.717, 1.165) is 25.7 Å². The number of carbonyl (C=O) groups is 3. The van der Waals surface area contributed by atoms with Crippen molar-refractivity contribution >= 4 is 29.1 Å². The van der Waals surface area contributed by atoms with Crippen molar-refractivity contribution in [1.29, 1.82) is 0 Å². The van der Waals surface area contributed by atoms with Gasteiger partial charge in [-0.05, 0) is 67.6 Å². The number of hydrogen-bond donors (Lipinski definition) is 1. The third kappa shape index (κ3) is 2.94. The molecule has 4 rings (SSSR count). The van der Waals surface area contributed by atoms with E-state index >= 15 is 0 Å². The Kier molecular flexibility index (Phi) is 5.63. The van der Waals surface area contributed by atoms with E-state index in [4.69, 9.17) is 16.3 Å². The Morgan fingerprint density at radius 2 is 1.93 bits per heavy atom. The van der Waals surface area contributed by atoms with Gasteiger partial charge in [-0.3, -0.25) is 14.4 Å². The molecule has 0 radical (unpaired) electrons. The number of fused-ring (bicyclic) bond motifs is 5. The quantitative estimate of drug-likeness (QED) is 0.528. The van der Waals surface area contributed by atoms with Crippen molar-refractivity contribution in [2.24, 2.45) is 34.5 Å². The Morgan fingerprint density at radius 1 is 1.20 bits per heavy atom. The SMILES string of the molecule is CCC(=O)O[C@]1(C(=O)CCl)CC[C@H]2[C@@H]3CC[C@@H]4CC(=O)CC[C@]4(C)[C@H]3[C@@H](O)C[C@@]21C. The van der Waals surface area contributed by atoms with E-state index in [1.807, 2.05) is 6.92 Å². The Labute approximate surface area is 184 Å². The van der Waals surface area contributed by atoms with E-state index in [2.05, 4.69) is 6.92 Å². The van der Waals surface area contributed by atoms with E-state index < -0.39 is 17.1 Å². The molecular formula is C24H35ClO5. The minimum atomic E-state index is -1.24. The zero-order valence-corrected chi connectivity index (χ0v) is 19.2.